The zero-order valence-electron chi connectivity index (χ0n) is 26.1. The Hall–Kier alpha value is -5.86. The molecule has 8 aromatic rings. The third-order valence-corrected chi connectivity index (χ3v) is 9.09. The average molecular weight is 591 g/mol. The molecule has 7 aromatic carbocycles. The fourth-order valence-corrected chi connectivity index (χ4v) is 6.75. The number of hydrogen-bond donors (Lipinski definition) is 0. The van der Waals surface area contributed by atoms with Gasteiger partial charge in [-0.3, -0.25) is 0 Å². The van der Waals surface area contributed by atoms with Crippen LogP contribution in [0.2, 0.25) is 0 Å². The first kappa shape index (κ1) is 27.7. The van der Waals surface area contributed by atoms with Crippen LogP contribution in [-0.2, 0) is 0 Å². The highest BCUT2D eigenvalue weighted by Gasteiger charge is 2.16. The maximum absolute atomic E-state index is 2.36. The van der Waals surface area contributed by atoms with E-state index in [9.17, 15) is 0 Å². The molecule has 0 aliphatic carbocycles. The van der Waals surface area contributed by atoms with Crippen molar-refractivity contribution in [2.24, 2.45) is 0 Å². The number of hydrogen-bond acceptors (Lipinski definition) is 1. The lowest BCUT2D eigenvalue weighted by molar-refractivity contribution is 1.18. The number of para-hydroxylation sites is 3. The van der Waals surface area contributed by atoms with E-state index in [-0.39, 0.29) is 0 Å². The van der Waals surface area contributed by atoms with E-state index in [1.54, 1.807) is 0 Å². The molecular weight excluding hydrogens is 556 g/mol. The summed E-state index contributed by atoms with van der Waals surface area (Å²) < 4.78 is 2.36. The second-order valence-electron chi connectivity index (χ2n) is 11.9. The molecule has 0 bridgehead atoms. The topological polar surface area (TPSA) is 8.17 Å². The Bertz CT molecular complexity index is 2260. The van der Waals surface area contributed by atoms with Crippen molar-refractivity contribution in [3.63, 3.8) is 0 Å². The van der Waals surface area contributed by atoms with E-state index in [0.717, 1.165) is 22.7 Å². The number of nitrogens with zero attached hydrogens (tertiary/aromatic N) is 2. The first-order valence-corrected chi connectivity index (χ1v) is 15.9. The molecule has 0 aliphatic heterocycles. The van der Waals surface area contributed by atoms with Crippen LogP contribution in [0.25, 0.3) is 49.7 Å². The molecule has 2 heteroatoms. The van der Waals surface area contributed by atoms with Crippen LogP contribution in [0.3, 0.4) is 0 Å². The van der Waals surface area contributed by atoms with Crippen molar-refractivity contribution in [1.82, 2.24) is 4.57 Å². The van der Waals surface area contributed by atoms with Crippen LogP contribution < -0.4 is 4.90 Å². The Labute approximate surface area is 270 Å². The van der Waals surface area contributed by atoms with E-state index >= 15 is 0 Å². The minimum atomic E-state index is 1.12. The Morgan fingerprint density at radius 1 is 0.391 bits per heavy atom. The first-order chi connectivity index (χ1) is 22.7. The van der Waals surface area contributed by atoms with Crippen molar-refractivity contribution < 1.29 is 0 Å². The van der Waals surface area contributed by atoms with Crippen molar-refractivity contribution in [1.29, 1.82) is 0 Å². The van der Waals surface area contributed by atoms with Crippen LogP contribution in [0.4, 0.5) is 17.1 Å². The number of anilines is 3. The van der Waals surface area contributed by atoms with Crippen LogP contribution in [0.15, 0.2) is 170 Å². The molecule has 8 rings (SSSR count). The normalized spacial score (nSPS) is 11.3. The van der Waals surface area contributed by atoms with Gasteiger partial charge < -0.3 is 9.47 Å². The minimum Gasteiger partial charge on any atom is -0.310 e. The van der Waals surface area contributed by atoms with Gasteiger partial charge in [0, 0.05) is 33.5 Å². The quantitative estimate of drug-likeness (QED) is 0.187. The SMILES string of the molecule is Cc1ccccc1-c1cc(N(c2ccccc2)c2ccc(-c3ccc(-n4c5ccccc5c5ccccc54)cc3)cc2)ccc1C. The zero-order valence-corrected chi connectivity index (χ0v) is 26.1. The summed E-state index contributed by atoms with van der Waals surface area (Å²) in [6.45, 7) is 4.38. The van der Waals surface area contributed by atoms with E-state index in [1.807, 2.05) is 0 Å². The maximum Gasteiger partial charge on any atom is 0.0541 e. The van der Waals surface area contributed by atoms with Gasteiger partial charge in [0.2, 0.25) is 0 Å². The lowest BCUT2D eigenvalue weighted by Crippen LogP contribution is -2.10. The van der Waals surface area contributed by atoms with E-state index in [2.05, 4.69) is 193 Å². The van der Waals surface area contributed by atoms with Gasteiger partial charge in [0.05, 0.1) is 11.0 Å². The molecule has 0 amide bonds. The predicted molar refractivity (Wildman–Crippen MR) is 196 cm³/mol. The number of rotatable bonds is 6. The van der Waals surface area contributed by atoms with Gasteiger partial charge in [0.1, 0.15) is 0 Å². The molecule has 0 aliphatic rings. The Morgan fingerprint density at radius 2 is 0.891 bits per heavy atom. The molecule has 0 radical (unpaired) electrons. The van der Waals surface area contributed by atoms with Gasteiger partial charge in [-0.1, -0.05) is 109 Å². The number of benzene rings is 7. The molecule has 0 saturated carbocycles. The number of aromatic nitrogens is 1. The molecule has 0 saturated heterocycles. The lowest BCUT2D eigenvalue weighted by Gasteiger charge is -2.27. The van der Waals surface area contributed by atoms with Crippen molar-refractivity contribution in [2.75, 3.05) is 4.90 Å². The third kappa shape index (κ3) is 4.85. The third-order valence-electron chi connectivity index (χ3n) is 9.09. The summed E-state index contributed by atoms with van der Waals surface area (Å²) >= 11 is 0. The van der Waals surface area contributed by atoms with Crippen LogP contribution >= 0.6 is 0 Å². The van der Waals surface area contributed by atoms with Crippen molar-refractivity contribution in [3.05, 3.63) is 181 Å². The Kier molecular flexibility index (Phi) is 6.96. The minimum absolute atomic E-state index is 1.12. The summed E-state index contributed by atoms with van der Waals surface area (Å²) in [5, 5.41) is 2.56. The van der Waals surface area contributed by atoms with Crippen molar-refractivity contribution in [2.45, 2.75) is 13.8 Å². The van der Waals surface area contributed by atoms with Crippen LogP contribution in [-0.4, -0.2) is 4.57 Å². The Balaban J connectivity index is 1.16. The van der Waals surface area contributed by atoms with E-state index in [0.29, 0.717) is 0 Å². The van der Waals surface area contributed by atoms with E-state index in [1.165, 1.54) is 55.2 Å². The largest absolute Gasteiger partial charge is 0.310 e. The average Bonchev–Trinajstić information content (AvgIpc) is 3.45. The summed E-state index contributed by atoms with van der Waals surface area (Å²) in [7, 11) is 0. The van der Waals surface area contributed by atoms with Gasteiger partial charge in [0.15, 0.2) is 0 Å². The van der Waals surface area contributed by atoms with Gasteiger partial charge >= 0.3 is 0 Å². The molecule has 0 spiro atoms. The van der Waals surface area contributed by atoms with E-state index < -0.39 is 0 Å². The maximum atomic E-state index is 2.36. The lowest BCUT2D eigenvalue weighted by atomic mass is 9.95. The highest BCUT2D eigenvalue weighted by Crippen LogP contribution is 2.39. The molecule has 2 nitrogen and oxygen atoms in total. The fourth-order valence-electron chi connectivity index (χ4n) is 6.75. The standard InChI is InChI=1S/C44H34N2/c1-31-12-6-7-15-39(31)42-30-38(25-20-32(42)2)45(35-13-4-3-5-14-35)36-26-21-33(22-27-36)34-23-28-37(29-24-34)46-43-18-10-8-16-40(43)41-17-9-11-19-44(41)46/h3-30H,1-2H3. The highest BCUT2D eigenvalue weighted by atomic mass is 15.1. The number of fused-ring (bicyclic) bond motifs is 3. The van der Waals surface area contributed by atoms with E-state index in [4.69, 9.17) is 0 Å². The zero-order chi connectivity index (χ0) is 31.0. The number of aryl methyl sites for hydroxylation is 2. The van der Waals surface area contributed by atoms with Gasteiger partial charge in [-0.05, 0) is 108 Å². The smallest absolute Gasteiger partial charge is 0.0541 e. The van der Waals surface area contributed by atoms with Crippen LogP contribution in [0, 0.1) is 13.8 Å². The summed E-state index contributed by atoms with van der Waals surface area (Å²) in [5.41, 5.74) is 14.5. The summed E-state index contributed by atoms with van der Waals surface area (Å²) in [4.78, 5) is 2.34. The monoisotopic (exact) mass is 590 g/mol. The summed E-state index contributed by atoms with van der Waals surface area (Å²) in [5.74, 6) is 0. The molecule has 220 valence electrons. The van der Waals surface area contributed by atoms with Gasteiger partial charge in [-0.2, -0.15) is 0 Å². The first-order valence-electron chi connectivity index (χ1n) is 15.9. The molecule has 46 heavy (non-hydrogen) atoms. The van der Waals surface area contributed by atoms with Crippen LogP contribution in [0.1, 0.15) is 11.1 Å². The molecule has 0 fully saturated rings. The molecule has 1 aromatic heterocycles. The van der Waals surface area contributed by atoms with Crippen molar-refractivity contribution >= 4 is 38.9 Å². The molecular formula is C44H34N2. The predicted octanol–water partition coefficient (Wildman–Crippen LogP) is 12.2. The van der Waals surface area contributed by atoms with Gasteiger partial charge in [-0.15, -0.1) is 0 Å². The summed E-state index contributed by atoms with van der Waals surface area (Å²) in [6.07, 6.45) is 0. The van der Waals surface area contributed by atoms with Crippen molar-refractivity contribution in [3.8, 4) is 27.9 Å². The second-order valence-corrected chi connectivity index (χ2v) is 11.9. The van der Waals surface area contributed by atoms with Gasteiger partial charge in [-0.25, -0.2) is 0 Å². The molecule has 0 N–H and O–H groups in total. The molecule has 0 unspecified atom stereocenters. The second kappa shape index (κ2) is 11.6. The van der Waals surface area contributed by atoms with Gasteiger partial charge in [0.25, 0.3) is 0 Å². The Morgan fingerprint density at radius 3 is 1.54 bits per heavy atom. The molecule has 1 heterocycles. The molecule has 0 atom stereocenters. The fraction of sp³-hybridized carbons (Fsp3) is 0.0455. The van der Waals surface area contributed by atoms with Crippen LogP contribution in [0.5, 0.6) is 0 Å². The highest BCUT2D eigenvalue weighted by molar-refractivity contribution is 6.09. The summed E-state index contributed by atoms with van der Waals surface area (Å²) in [6, 6.07) is 61.2.